The SMILES string of the molecule is COc1ccc(C2C(S(=O)(=O)N3CCOCC3)CON2C)cc1. The Morgan fingerprint density at radius 2 is 1.83 bits per heavy atom. The van der Waals surface area contributed by atoms with Gasteiger partial charge in [0.05, 0.1) is 33.0 Å². The van der Waals surface area contributed by atoms with Crippen molar-refractivity contribution < 1.29 is 22.7 Å². The van der Waals surface area contributed by atoms with Gasteiger partial charge in [-0.25, -0.2) is 8.42 Å². The van der Waals surface area contributed by atoms with Crippen LogP contribution in [0, 0.1) is 0 Å². The Morgan fingerprint density at radius 3 is 2.43 bits per heavy atom. The molecule has 0 saturated carbocycles. The standard InChI is InChI=1S/C15H22N2O5S/c1-16-15(12-3-5-13(20-2)6-4-12)14(11-22-16)23(18,19)17-7-9-21-10-8-17/h3-6,14-15H,7-11H2,1-2H3. The number of hydrogen-bond donors (Lipinski definition) is 0. The van der Waals surface area contributed by atoms with Crippen LogP contribution in [-0.4, -0.2) is 70.1 Å². The van der Waals surface area contributed by atoms with E-state index in [2.05, 4.69) is 0 Å². The van der Waals surface area contributed by atoms with Gasteiger partial charge in [0.2, 0.25) is 10.0 Å². The summed E-state index contributed by atoms with van der Waals surface area (Å²) in [5.74, 6) is 0.739. The minimum Gasteiger partial charge on any atom is -0.497 e. The van der Waals surface area contributed by atoms with Gasteiger partial charge in [0.25, 0.3) is 0 Å². The lowest BCUT2D eigenvalue weighted by molar-refractivity contribution is -0.110. The van der Waals surface area contributed by atoms with Gasteiger partial charge in [0, 0.05) is 20.1 Å². The highest BCUT2D eigenvalue weighted by atomic mass is 32.2. The fraction of sp³-hybridized carbons (Fsp3) is 0.600. The summed E-state index contributed by atoms with van der Waals surface area (Å²) < 4.78 is 37.9. The Labute approximate surface area is 136 Å². The van der Waals surface area contributed by atoms with E-state index in [1.54, 1.807) is 19.2 Å². The largest absolute Gasteiger partial charge is 0.497 e. The number of nitrogens with zero attached hydrogens (tertiary/aromatic N) is 2. The van der Waals surface area contributed by atoms with Gasteiger partial charge >= 0.3 is 0 Å². The topological polar surface area (TPSA) is 68.3 Å². The molecule has 2 atom stereocenters. The summed E-state index contributed by atoms with van der Waals surface area (Å²) in [5.41, 5.74) is 0.896. The molecule has 1 aromatic rings. The van der Waals surface area contributed by atoms with Crippen molar-refractivity contribution in [2.45, 2.75) is 11.3 Å². The molecule has 2 aliphatic rings. The molecule has 0 aromatic heterocycles. The second-order valence-corrected chi connectivity index (χ2v) is 7.81. The predicted molar refractivity (Wildman–Crippen MR) is 84.5 cm³/mol. The third-order valence-corrected chi connectivity index (χ3v) is 6.60. The summed E-state index contributed by atoms with van der Waals surface area (Å²) in [4.78, 5) is 5.53. The lowest BCUT2D eigenvalue weighted by Crippen LogP contribution is -2.47. The normalized spacial score (nSPS) is 27.2. The zero-order valence-electron chi connectivity index (χ0n) is 13.3. The van der Waals surface area contributed by atoms with Crippen LogP contribution in [0.1, 0.15) is 11.6 Å². The smallest absolute Gasteiger partial charge is 0.221 e. The third-order valence-electron chi connectivity index (χ3n) is 4.36. The number of hydrogen-bond acceptors (Lipinski definition) is 6. The first-order valence-corrected chi connectivity index (χ1v) is 9.11. The monoisotopic (exact) mass is 342 g/mol. The van der Waals surface area contributed by atoms with Gasteiger partial charge in [0.1, 0.15) is 11.0 Å². The Hall–Kier alpha value is -1.19. The van der Waals surface area contributed by atoms with E-state index in [-0.39, 0.29) is 12.6 Å². The molecule has 0 bridgehead atoms. The van der Waals surface area contributed by atoms with Crippen LogP contribution in [0.15, 0.2) is 24.3 Å². The maximum absolute atomic E-state index is 13.0. The van der Waals surface area contributed by atoms with Crippen LogP contribution in [0.5, 0.6) is 5.75 Å². The van der Waals surface area contributed by atoms with Crippen molar-refractivity contribution in [2.75, 3.05) is 47.1 Å². The summed E-state index contributed by atoms with van der Waals surface area (Å²) in [5, 5.41) is 1.00. The Kier molecular flexibility index (Phi) is 4.88. The molecule has 23 heavy (non-hydrogen) atoms. The van der Waals surface area contributed by atoms with Gasteiger partial charge in [0.15, 0.2) is 0 Å². The van der Waals surface area contributed by atoms with E-state index in [0.29, 0.717) is 26.3 Å². The van der Waals surface area contributed by atoms with Crippen LogP contribution >= 0.6 is 0 Å². The molecule has 2 unspecified atom stereocenters. The van der Waals surface area contributed by atoms with Gasteiger partial charge in [-0.2, -0.15) is 9.37 Å². The average Bonchev–Trinajstić information content (AvgIpc) is 2.98. The van der Waals surface area contributed by atoms with Crippen LogP contribution in [0.25, 0.3) is 0 Å². The Bertz CT molecular complexity index is 628. The van der Waals surface area contributed by atoms with Gasteiger partial charge in [-0.3, -0.25) is 4.84 Å². The molecule has 2 saturated heterocycles. The second-order valence-electron chi connectivity index (χ2n) is 5.65. The van der Waals surface area contributed by atoms with Gasteiger partial charge in [-0.05, 0) is 17.7 Å². The molecule has 8 heteroatoms. The maximum atomic E-state index is 13.0. The molecular weight excluding hydrogens is 320 g/mol. The van der Waals surface area contributed by atoms with E-state index < -0.39 is 15.3 Å². The molecule has 0 radical (unpaired) electrons. The summed E-state index contributed by atoms with van der Waals surface area (Å²) in [6.45, 7) is 1.84. The van der Waals surface area contributed by atoms with Gasteiger partial charge in [-0.15, -0.1) is 0 Å². The van der Waals surface area contributed by atoms with Crippen molar-refractivity contribution in [1.82, 2.24) is 9.37 Å². The summed E-state index contributed by atoms with van der Waals surface area (Å²) in [7, 11) is -0.0820. The first-order chi connectivity index (χ1) is 11.0. The highest BCUT2D eigenvalue weighted by Crippen LogP contribution is 2.35. The molecule has 1 aromatic carbocycles. The summed E-state index contributed by atoms with van der Waals surface area (Å²) in [6.07, 6.45) is 0. The number of benzene rings is 1. The third kappa shape index (κ3) is 3.22. The van der Waals surface area contributed by atoms with Crippen LogP contribution in [0.4, 0.5) is 0 Å². The minimum atomic E-state index is -3.45. The molecule has 0 spiro atoms. The molecule has 7 nitrogen and oxygen atoms in total. The number of ether oxygens (including phenoxy) is 2. The quantitative estimate of drug-likeness (QED) is 0.800. The second kappa shape index (κ2) is 6.74. The highest BCUT2D eigenvalue weighted by Gasteiger charge is 2.45. The molecular formula is C15H22N2O5S. The molecule has 128 valence electrons. The fourth-order valence-electron chi connectivity index (χ4n) is 3.06. The van der Waals surface area contributed by atoms with Crippen molar-refractivity contribution in [3.63, 3.8) is 0 Å². The number of morpholine rings is 1. The average molecular weight is 342 g/mol. The lowest BCUT2D eigenvalue weighted by Gasteiger charge is -2.31. The number of methoxy groups -OCH3 is 1. The van der Waals surface area contributed by atoms with Crippen molar-refractivity contribution >= 4 is 10.0 Å². The molecule has 2 heterocycles. The fourth-order valence-corrected chi connectivity index (χ4v) is 4.99. The molecule has 0 aliphatic carbocycles. The van der Waals surface area contributed by atoms with Crippen LogP contribution in [0.3, 0.4) is 0 Å². The molecule has 2 aliphatic heterocycles. The lowest BCUT2D eigenvalue weighted by atomic mass is 10.0. The molecule has 0 amide bonds. The summed E-state index contributed by atoms with van der Waals surface area (Å²) in [6, 6.07) is 7.10. The summed E-state index contributed by atoms with van der Waals surface area (Å²) >= 11 is 0. The van der Waals surface area contributed by atoms with Crippen molar-refractivity contribution in [2.24, 2.45) is 0 Å². The first kappa shape index (κ1) is 16.7. The Balaban J connectivity index is 1.87. The zero-order chi connectivity index (χ0) is 16.4. The van der Waals surface area contributed by atoms with Gasteiger partial charge < -0.3 is 9.47 Å². The van der Waals surface area contributed by atoms with E-state index in [4.69, 9.17) is 14.3 Å². The van der Waals surface area contributed by atoms with Crippen LogP contribution < -0.4 is 4.74 Å². The zero-order valence-corrected chi connectivity index (χ0v) is 14.2. The Morgan fingerprint density at radius 1 is 1.17 bits per heavy atom. The highest BCUT2D eigenvalue weighted by molar-refractivity contribution is 7.89. The number of sulfonamides is 1. The van der Waals surface area contributed by atoms with Crippen LogP contribution in [-0.2, 0) is 19.6 Å². The number of hydroxylamine groups is 2. The minimum absolute atomic E-state index is 0.160. The maximum Gasteiger partial charge on any atom is 0.221 e. The molecule has 3 rings (SSSR count). The molecule has 0 N–H and O–H groups in total. The van der Waals surface area contributed by atoms with Gasteiger partial charge in [-0.1, -0.05) is 12.1 Å². The van der Waals surface area contributed by atoms with E-state index in [0.717, 1.165) is 11.3 Å². The van der Waals surface area contributed by atoms with Crippen molar-refractivity contribution in [1.29, 1.82) is 0 Å². The van der Waals surface area contributed by atoms with E-state index in [1.807, 2.05) is 24.3 Å². The van der Waals surface area contributed by atoms with E-state index in [9.17, 15) is 8.42 Å². The predicted octanol–water partition coefficient (Wildman–Crippen LogP) is 0.644. The molecule has 2 fully saturated rings. The first-order valence-electron chi connectivity index (χ1n) is 7.60. The van der Waals surface area contributed by atoms with Crippen LogP contribution in [0.2, 0.25) is 0 Å². The van der Waals surface area contributed by atoms with Crippen molar-refractivity contribution in [3.05, 3.63) is 29.8 Å². The van der Waals surface area contributed by atoms with E-state index in [1.165, 1.54) is 4.31 Å². The van der Waals surface area contributed by atoms with E-state index >= 15 is 0 Å². The van der Waals surface area contributed by atoms with Crippen molar-refractivity contribution in [3.8, 4) is 5.75 Å². The number of rotatable bonds is 4.